The minimum atomic E-state index is -0.0682. The summed E-state index contributed by atoms with van der Waals surface area (Å²) in [7, 11) is 0. The lowest BCUT2D eigenvalue weighted by Crippen LogP contribution is -2.51. The van der Waals surface area contributed by atoms with Gasteiger partial charge in [-0.3, -0.25) is 4.98 Å². The van der Waals surface area contributed by atoms with Gasteiger partial charge in [-0.05, 0) is 24.5 Å². The summed E-state index contributed by atoms with van der Waals surface area (Å²) in [6.45, 7) is 6.11. The average molecular weight is 220 g/mol. The standard InChI is InChI=1S/C13H20N2O/c1-3-13(4-2)12(15-8-9-16-13)11-6-5-7-14-10-11/h5-7,10,12,15H,3-4,8-9H2,1-2H3. The number of rotatable bonds is 3. The van der Waals surface area contributed by atoms with E-state index in [4.69, 9.17) is 4.74 Å². The second-order valence-electron chi connectivity index (χ2n) is 4.29. The zero-order valence-corrected chi connectivity index (χ0v) is 10.1. The Labute approximate surface area is 97.2 Å². The van der Waals surface area contributed by atoms with Crippen molar-refractivity contribution in [3.8, 4) is 0 Å². The van der Waals surface area contributed by atoms with Gasteiger partial charge < -0.3 is 10.1 Å². The van der Waals surface area contributed by atoms with Crippen molar-refractivity contribution in [2.75, 3.05) is 13.2 Å². The fourth-order valence-electron chi connectivity index (χ4n) is 2.56. The van der Waals surface area contributed by atoms with Gasteiger partial charge in [0.05, 0.1) is 18.2 Å². The molecular weight excluding hydrogens is 200 g/mol. The first-order valence-corrected chi connectivity index (χ1v) is 6.09. The number of pyridine rings is 1. The molecule has 0 spiro atoms. The number of hydrogen-bond acceptors (Lipinski definition) is 3. The lowest BCUT2D eigenvalue weighted by atomic mass is 9.83. The molecule has 1 aliphatic heterocycles. The lowest BCUT2D eigenvalue weighted by Gasteiger charge is -2.43. The van der Waals surface area contributed by atoms with Crippen molar-refractivity contribution in [3.63, 3.8) is 0 Å². The molecule has 0 aromatic carbocycles. The number of hydrogen-bond donors (Lipinski definition) is 1. The average Bonchev–Trinajstić information content (AvgIpc) is 2.39. The van der Waals surface area contributed by atoms with Gasteiger partial charge in [0.15, 0.2) is 0 Å². The number of ether oxygens (including phenoxy) is 1. The van der Waals surface area contributed by atoms with Gasteiger partial charge in [-0.2, -0.15) is 0 Å². The first-order chi connectivity index (χ1) is 7.82. The van der Waals surface area contributed by atoms with E-state index in [9.17, 15) is 0 Å². The predicted octanol–water partition coefficient (Wildman–Crippen LogP) is 2.30. The van der Waals surface area contributed by atoms with Gasteiger partial charge in [0, 0.05) is 18.9 Å². The molecule has 1 saturated heterocycles. The van der Waals surface area contributed by atoms with Crippen LogP contribution in [-0.2, 0) is 4.74 Å². The molecule has 2 heterocycles. The molecule has 3 heteroatoms. The van der Waals surface area contributed by atoms with Crippen LogP contribution in [0.1, 0.15) is 38.3 Å². The smallest absolute Gasteiger partial charge is 0.0872 e. The normalized spacial score (nSPS) is 24.2. The van der Waals surface area contributed by atoms with Crippen LogP contribution in [0.2, 0.25) is 0 Å². The molecule has 0 aliphatic carbocycles. The van der Waals surface area contributed by atoms with Crippen LogP contribution >= 0.6 is 0 Å². The third-order valence-corrected chi connectivity index (χ3v) is 3.58. The van der Waals surface area contributed by atoms with Crippen molar-refractivity contribution in [2.24, 2.45) is 0 Å². The molecule has 0 saturated carbocycles. The van der Waals surface area contributed by atoms with E-state index in [0.717, 1.165) is 26.0 Å². The van der Waals surface area contributed by atoms with Crippen molar-refractivity contribution in [1.29, 1.82) is 0 Å². The van der Waals surface area contributed by atoms with E-state index in [2.05, 4.69) is 30.2 Å². The van der Waals surface area contributed by atoms with Crippen molar-refractivity contribution in [1.82, 2.24) is 10.3 Å². The van der Waals surface area contributed by atoms with Gasteiger partial charge >= 0.3 is 0 Å². The molecule has 1 aromatic rings. The second kappa shape index (κ2) is 4.93. The zero-order chi connectivity index (χ0) is 11.4. The van der Waals surface area contributed by atoms with Crippen LogP contribution in [0.3, 0.4) is 0 Å². The third kappa shape index (κ3) is 1.97. The van der Waals surface area contributed by atoms with Gasteiger partial charge in [-0.1, -0.05) is 19.9 Å². The summed E-state index contributed by atoms with van der Waals surface area (Å²) in [4.78, 5) is 4.20. The lowest BCUT2D eigenvalue weighted by molar-refractivity contribution is -0.103. The van der Waals surface area contributed by atoms with E-state index in [-0.39, 0.29) is 11.6 Å². The van der Waals surface area contributed by atoms with Crippen molar-refractivity contribution < 1.29 is 4.74 Å². The summed E-state index contributed by atoms with van der Waals surface area (Å²) in [5.41, 5.74) is 1.16. The Morgan fingerprint density at radius 2 is 2.31 bits per heavy atom. The number of nitrogens with zero attached hydrogens (tertiary/aromatic N) is 1. The first kappa shape index (κ1) is 11.6. The SMILES string of the molecule is CCC1(CC)OCCNC1c1cccnc1. The predicted molar refractivity (Wildman–Crippen MR) is 64.2 cm³/mol. The van der Waals surface area contributed by atoms with Crippen molar-refractivity contribution >= 4 is 0 Å². The highest BCUT2D eigenvalue weighted by atomic mass is 16.5. The minimum Gasteiger partial charge on any atom is -0.372 e. The van der Waals surface area contributed by atoms with E-state index in [1.54, 1.807) is 0 Å². The Hall–Kier alpha value is -0.930. The highest BCUT2D eigenvalue weighted by molar-refractivity contribution is 5.19. The Balaban J connectivity index is 2.29. The fourth-order valence-corrected chi connectivity index (χ4v) is 2.56. The molecule has 2 rings (SSSR count). The molecule has 3 nitrogen and oxygen atoms in total. The van der Waals surface area contributed by atoms with Crippen molar-refractivity contribution in [2.45, 2.75) is 38.3 Å². The van der Waals surface area contributed by atoms with E-state index in [1.165, 1.54) is 5.56 Å². The largest absolute Gasteiger partial charge is 0.372 e. The first-order valence-electron chi connectivity index (χ1n) is 6.09. The molecule has 1 atom stereocenters. The van der Waals surface area contributed by atoms with Crippen LogP contribution in [0.5, 0.6) is 0 Å². The Kier molecular flexibility index (Phi) is 3.56. The molecule has 1 N–H and O–H groups in total. The van der Waals surface area contributed by atoms with Gasteiger partial charge in [-0.25, -0.2) is 0 Å². The monoisotopic (exact) mass is 220 g/mol. The third-order valence-electron chi connectivity index (χ3n) is 3.58. The van der Waals surface area contributed by atoms with Crippen LogP contribution in [0.15, 0.2) is 24.5 Å². The van der Waals surface area contributed by atoms with Crippen LogP contribution < -0.4 is 5.32 Å². The summed E-state index contributed by atoms with van der Waals surface area (Å²) in [6.07, 6.45) is 5.80. The molecule has 1 aliphatic rings. The fraction of sp³-hybridized carbons (Fsp3) is 0.615. The molecule has 0 radical (unpaired) electrons. The highest BCUT2D eigenvalue weighted by Gasteiger charge is 2.39. The van der Waals surface area contributed by atoms with Gasteiger partial charge in [0.2, 0.25) is 0 Å². The maximum absolute atomic E-state index is 6.04. The molecule has 1 aromatic heterocycles. The Bertz CT molecular complexity index is 322. The van der Waals surface area contributed by atoms with Gasteiger partial charge in [0.25, 0.3) is 0 Å². The zero-order valence-electron chi connectivity index (χ0n) is 10.1. The summed E-state index contributed by atoms with van der Waals surface area (Å²) < 4.78 is 6.04. The molecule has 1 unspecified atom stereocenters. The molecule has 0 bridgehead atoms. The van der Waals surface area contributed by atoms with E-state index in [1.807, 2.05) is 18.5 Å². The topological polar surface area (TPSA) is 34.1 Å². The van der Waals surface area contributed by atoms with Crippen LogP contribution in [-0.4, -0.2) is 23.7 Å². The Morgan fingerprint density at radius 1 is 1.50 bits per heavy atom. The molecule has 16 heavy (non-hydrogen) atoms. The van der Waals surface area contributed by atoms with Gasteiger partial charge in [-0.15, -0.1) is 0 Å². The number of nitrogens with one attached hydrogen (secondary N) is 1. The quantitative estimate of drug-likeness (QED) is 0.848. The maximum atomic E-state index is 6.04. The van der Waals surface area contributed by atoms with Crippen LogP contribution in [0, 0.1) is 0 Å². The number of aromatic nitrogens is 1. The van der Waals surface area contributed by atoms with Crippen molar-refractivity contribution in [3.05, 3.63) is 30.1 Å². The summed E-state index contributed by atoms with van der Waals surface area (Å²) in [6, 6.07) is 4.38. The van der Waals surface area contributed by atoms with E-state index >= 15 is 0 Å². The van der Waals surface area contributed by atoms with E-state index < -0.39 is 0 Å². The van der Waals surface area contributed by atoms with Crippen LogP contribution in [0.25, 0.3) is 0 Å². The Morgan fingerprint density at radius 3 is 2.94 bits per heavy atom. The van der Waals surface area contributed by atoms with Crippen LogP contribution in [0.4, 0.5) is 0 Å². The highest BCUT2D eigenvalue weighted by Crippen LogP contribution is 2.36. The minimum absolute atomic E-state index is 0.0682. The number of morpholine rings is 1. The molecule has 0 amide bonds. The maximum Gasteiger partial charge on any atom is 0.0872 e. The summed E-state index contributed by atoms with van der Waals surface area (Å²) in [5, 5.41) is 3.56. The molecular formula is C13H20N2O. The second-order valence-corrected chi connectivity index (χ2v) is 4.29. The van der Waals surface area contributed by atoms with Gasteiger partial charge in [0.1, 0.15) is 0 Å². The molecule has 88 valence electrons. The van der Waals surface area contributed by atoms with E-state index in [0.29, 0.717) is 0 Å². The summed E-state index contributed by atoms with van der Waals surface area (Å²) in [5.74, 6) is 0. The summed E-state index contributed by atoms with van der Waals surface area (Å²) >= 11 is 0. The molecule has 1 fully saturated rings.